The Labute approximate surface area is 224 Å². The highest BCUT2D eigenvalue weighted by atomic mass is 35.5. The summed E-state index contributed by atoms with van der Waals surface area (Å²) in [6, 6.07) is 40.9. The number of hydrogen-bond acceptors (Lipinski definition) is 4. The van der Waals surface area contributed by atoms with Crippen LogP contribution in [0.15, 0.2) is 126 Å². The zero-order valence-electron chi connectivity index (χ0n) is 20.2. The second kappa shape index (κ2) is 9.25. The van der Waals surface area contributed by atoms with Crippen molar-refractivity contribution >= 4 is 33.5 Å². The van der Waals surface area contributed by atoms with E-state index in [0.717, 1.165) is 55.3 Å². The molecule has 0 N–H and O–H groups in total. The zero-order valence-corrected chi connectivity index (χ0v) is 20.9. The molecule has 0 saturated heterocycles. The molecule has 0 amide bonds. The molecule has 5 aromatic carbocycles. The Morgan fingerprint density at radius 3 is 1.82 bits per heavy atom. The van der Waals surface area contributed by atoms with E-state index < -0.39 is 0 Å². The van der Waals surface area contributed by atoms with Gasteiger partial charge in [-0.15, -0.1) is 0 Å². The summed E-state index contributed by atoms with van der Waals surface area (Å²) in [6.45, 7) is 0. The third kappa shape index (κ3) is 4.01. The lowest BCUT2D eigenvalue weighted by molar-refractivity contribution is 0.669. The highest BCUT2D eigenvalue weighted by Gasteiger charge is 2.17. The van der Waals surface area contributed by atoms with Gasteiger partial charge in [0, 0.05) is 21.9 Å². The van der Waals surface area contributed by atoms with E-state index in [-0.39, 0.29) is 5.28 Å². The first-order valence-electron chi connectivity index (χ1n) is 12.3. The van der Waals surface area contributed by atoms with E-state index in [2.05, 4.69) is 58.5 Å². The molecule has 0 aliphatic rings. The first-order valence-corrected chi connectivity index (χ1v) is 12.7. The molecule has 7 rings (SSSR count). The first-order chi connectivity index (χ1) is 18.7. The quantitative estimate of drug-likeness (QED) is 0.237. The molecule has 0 aliphatic carbocycles. The number of hydrogen-bond donors (Lipinski definition) is 0. The van der Waals surface area contributed by atoms with Crippen LogP contribution in [0.1, 0.15) is 0 Å². The van der Waals surface area contributed by atoms with Gasteiger partial charge in [-0.1, -0.05) is 103 Å². The molecule has 0 unspecified atom stereocenters. The highest BCUT2D eigenvalue weighted by Crippen LogP contribution is 2.38. The molecule has 2 aromatic heterocycles. The molecule has 0 bridgehead atoms. The Morgan fingerprint density at radius 2 is 1.08 bits per heavy atom. The molecule has 0 radical (unpaired) electrons. The van der Waals surface area contributed by atoms with Crippen LogP contribution in [0.3, 0.4) is 0 Å². The van der Waals surface area contributed by atoms with Crippen molar-refractivity contribution in [2.24, 2.45) is 0 Å². The molecule has 4 nitrogen and oxygen atoms in total. The van der Waals surface area contributed by atoms with Crippen LogP contribution in [0.25, 0.3) is 67.0 Å². The minimum absolute atomic E-state index is 0.145. The van der Waals surface area contributed by atoms with E-state index in [4.69, 9.17) is 21.0 Å². The smallest absolute Gasteiger partial charge is 0.226 e. The van der Waals surface area contributed by atoms with Crippen molar-refractivity contribution < 1.29 is 4.42 Å². The van der Waals surface area contributed by atoms with Gasteiger partial charge < -0.3 is 4.42 Å². The number of nitrogens with zero attached hydrogens (tertiary/aromatic N) is 3. The van der Waals surface area contributed by atoms with E-state index in [1.807, 2.05) is 72.8 Å². The fraction of sp³-hybridized carbons (Fsp3) is 0. The highest BCUT2D eigenvalue weighted by molar-refractivity contribution is 6.28. The summed E-state index contributed by atoms with van der Waals surface area (Å²) in [5, 5.41) is 2.10. The van der Waals surface area contributed by atoms with Gasteiger partial charge in [0.15, 0.2) is 11.6 Å². The molecule has 38 heavy (non-hydrogen) atoms. The Morgan fingerprint density at radius 1 is 0.474 bits per heavy atom. The second-order valence-electron chi connectivity index (χ2n) is 9.05. The summed E-state index contributed by atoms with van der Waals surface area (Å²) in [7, 11) is 0. The van der Waals surface area contributed by atoms with Crippen LogP contribution in [0.2, 0.25) is 5.28 Å². The third-order valence-electron chi connectivity index (χ3n) is 6.70. The van der Waals surface area contributed by atoms with Crippen molar-refractivity contribution in [3.63, 3.8) is 0 Å². The molecule has 2 heterocycles. The molecule has 180 valence electrons. The molecular weight excluding hydrogens is 490 g/mol. The maximum absolute atomic E-state index is 6.44. The maximum Gasteiger partial charge on any atom is 0.226 e. The van der Waals surface area contributed by atoms with Gasteiger partial charge in [0.05, 0.1) is 0 Å². The minimum Gasteiger partial charge on any atom is -0.456 e. The van der Waals surface area contributed by atoms with Gasteiger partial charge in [0.1, 0.15) is 11.2 Å². The summed E-state index contributed by atoms with van der Waals surface area (Å²) < 4.78 is 6.20. The average molecular weight is 510 g/mol. The monoisotopic (exact) mass is 509 g/mol. The predicted octanol–water partition coefficient (Wildman–Crippen LogP) is 9.09. The summed E-state index contributed by atoms with van der Waals surface area (Å²) >= 11 is 6.44. The second-order valence-corrected chi connectivity index (χ2v) is 9.39. The number of benzene rings is 5. The van der Waals surface area contributed by atoms with E-state index in [1.54, 1.807) is 0 Å². The molecule has 0 aliphatic heterocycles. The Bertz CT molecular complexity index is 1910. The molecular formula is C33H20ClN3O. The molecule has 0 fully saturated rings. The largest absolute Gasteiger partial charge is 0.456 e. The number of rotatable bonds is 4. The predicted molar refractivity (Wildman–Crippen MR) is 154 cm³/mol. The first kappa shape index (κ1) is 22.4. The fourth-order valence-corrected chi connectivity index (χ4v) is 5.03. The Kier molecular flexibility index (Phi) is 5.46. The summed E-state index contributed by atoms with van der Waals surface area (Å²) in [5.41, 5.74) is 7.83. The van der Waals surface area contributed by atoms with Gasteiger partial charge in [-0.3, -0.25) is 0 Å². The van der Waals surface area contributed by atoms with Crippen LogP contribution in [0.5, 0.6) is 0 Å². The van der Waals surface area contributed by atoms with E-state index >= 15 is 0 Å². The van der Waals surface area contributed by atoms with E-state index in [1.165, 1.54) is 0 Å². The van der Waals surface area contributed by atoms with Crippen LogP contribution in [-0.2, 0) is 0 Å². The van der Waals surface area contributed by atoms with E-state index in [9.17, 15) is 0 Å². The molecule has 0 saturated carbocycles. The van der Waals surface area contributed by atoms with Crippen LogP contribution in [0, 0.1) is 0 Å². The van der Waals surface area contributed by atoms with Gasteiger partial charge in [-0.25, -0.2) is 4.98 Å². The standard InChI is InChI=1S/C33H20ClN3O/c34-33-36-31(24-16-14-23(15-17-24)21-8-3-1-4-9-21)35-32(37-33)26-12-7-13-29-30(26)27-20-25(18-19-28(27)38-29)22-10-5-2-6-11-22/h1-20H. The van der Waals surface area contributed by atoms with Crippen molar-refractivity contribution in [1.29, 1.82) is 0 Å². The molecule has 0 atom stereocenters. The summed E-state index contributed by atoms with van der Waals surface area (Å²) in [4.78, 5) is 13.8. The molecule has 7 aromatic rings. The Balaban J connectivity index is 1.35. The zero-order chi connectivity index (χ0) is 25.5. The van der Waals surface area contributed by atoms with Crippen LogP contribution >= 0.6 is 11.6 Å². The van der Waals surface area contributed by atoms with Crippen molar-refractivity contribution in [3.8, 4) is 45.0 Å². The SMILES string of the molecule is Clc1nc(-c2ccc(-c3ccccc3)cc2)nc(-c2cccc3oc4ccc(-c5ccccc5)cc4c23)n1. The molecule has 0 spiro atoms. The van der Waals surface area contributed by atoms with Crippen molar-refractivity contribution in [3.05, 3.63) is 127 Å². The van der Waals surface area contributed by atoms with Crippen LogP contribution < -0.4 is 0 Å². The topological polar surface area (TPSA) is 51.8 Å². The minimum atomic E-state index is 0.145. The lowest BCUT2D eigenvalue weighted by Crippen LogP contribution is -1.97. The lowest BCUT2D eigenvalue weighted by Gasteiger charge is -2.07. The fourth-order valence-electron chi connectivity index (χ4n) is 4.87. The third-order valence-corrected chi connectivity index (χ3v) is 6.87. The lowest BCUT2D eigenvalue weighted by atomic mass is 10.0. The van der Waals surface area contributed by atoms with Gasteiger partial charge in [-0.05, 0) is 52.1 Å². The summed E-state index contributed by atoms with van der Waals surface area (Å²) in [5.74, 6) is 1.03. The normalized spacial score (nSPS) is 11.3. The van der Waals surface area contributed by atoms with Gasteiger partial charge in [0.25, 0.3) is 0 Å². The van der Waals surface area contributed by atoms with E-state index in [0.29, 0.717) is 11.6 Å². The Hall–Kier alpha value is -4.80. The number of aromatic nitrogens is 3. The van der Waals surface area contributed by atoms with Crippen LogP contribution in [-0.4, -0.2) is 15.0 Å². The van der Waals surface area contributed by atoms with Crippen molar-refractivity contribution in [2.45, 2.75) is 0 Å². The average Bonchev–Trinajstić information content (AvgIpc) is 3.36. The van der Waals surface area contributed by atoms with Crippen LogP contribution in [0.4, 0.5) is 0 Å². The van der Waals surface area contributed by atoms with Crippen molar-refractivity contribution in [2.75, 3.05) is 0 Å². The summed E-state index contributed by atoms with van der Waals surface area (Å²) in [6.07, 6.45) is 0. The number of halogens is 1. The van der Waals surface area contributed by atoms with Crippen molar-refractivity contribution in [1.82, 2.24) is 15.0 Å². The van der Waals surface area contributed by atoms with Gasteiger partial charge >= 0.3 is 0 Å². The van der Waals surface area contributed by atoms with Gasteiger partial charge in [0.2, 0.25) is 5.28 Å². The van der Waals surface area contributed by atoms with Gasteiger partial charge in [-0.2, -0.15) is 9.97 Å². The molecule has 5 heteroatoms. The maximum atomic E-state index is 6.44. The number of fused-ring (bicyclic) bond motifs is 3. The number of furan rings is 1.